The Hall–Kier alpha value is -4.29. The van der Waals surface area contributed by atoms with Gasteiger partial charge < -0.3 is 29.7 Å². The summed E-state index contributed by atoms with van der Waals surface area (Å²) in [6.45, 7) is 4.63. The Kier molecular flexibility index (Phi) is 11.0. The lowest BCUT2D eigenvalue weighted by molar-refractivity contribution is 0.593. The number of anilines is 2. The Morgan fingerprint density at radius 2 is 1.40 bits per heavy atom. The fraction of sp³-hybridized carbons (Fsp3) is 0.256. The number of pyridine rings is 2. The van der Waals surface area contributed by atoms with Gasteiger partial charge in [0.2, 0.25) is 8.42 Å². The number of imidazole rings is 2. The Morgan fingerprint density at radius 1 is 0.764 bits per heavy atom. The monoisotopic (exact) mass is 825 g/mol. The molecular formula is C39H39N9O2S5. The predicted octanol–water partition coefficient (Wildman–Crippen LogP) is 8.99. The van der Waals surface area contributed by atoms with Crippen LogP contribution in [-0.4, -0.2) is 54.7 Å². The third-order valence-corrected chi connectivity index (χ3v) is 16.2. The third kappa shape index (κ3) is 7.16. The van der Waals surface area contributed by atoms with Crippen LogP contribution in [0.4, 0.5) is 11.4 Å². The highest BCUT2D eigenvalue weighted by atomic mass is 32.2. The Balaban J connectivity index is 1.20. The first-order valence-corrected chi connectivity index (χ1v) is 23.1. The highest BCUT2D eigenvalue weighted by molar-refractivity contribution is 7.94. The Bertz CT molecular complexity index is 2600. The van der Waals surface area contributed by atoms with Crippen LogP contribution in [0.2, 0.25) is 0 Å². The lowest BCUT2D eigenvalue weighted by Gasteiger charge is -2.12. The molecular weight excluding hydrogens is 787 g/mol. The van der Waals surface area contributed by atoms with E-state index in [-0.39, 0.29) is 0 Å². The average Bonchev–Trinajstić information content (AvgIpc) is 4.05. The number of fused-ring (bicyclic) bond motifs is 2. The van der Waals surface area contributed by atoms with Gasteiger partial charge in [0.15, 0.2) is 5.82 Å². The SMILES string of the molecule is CCCC[S+]([O-])c1sc2nc(-c3nccn3Cc3cnc(-c4cc(-c5nccs5)nc5sc([S+]([O-])CCCC)c(N)c45)n3C)cc(-c3ccccc3)c2c1N. The number of nitrogens with zero attached hydrogens (tertiary/aromatic N) is 7. The first-order chi connectivity index (χ1) is 26.8. The van der Waals surface area contributed by atoms with Crippen molar-refractivity contribution in [2.75, 3.05) is 23.0 Å². The number of thiazole rings is 1. The van der Waals surface area contributed by atoms with Gasteiger partial charge in [0, 0.05) is 42.0 Å². The molecule has 8 rings (SSSR count). The predicted molar refractivity (Wildman–Crippen MR) is 230 cm³/mol. The molecule has 2 atom stereocenters. The summed E-state index contributed by atoms with van der Waals surface area (Å²) in [7, 11) is 1.99. The second kappa shape index (κ2) is 16.1. The zero-order valence-corrected chi connectivity index (χ0v) is 34.6. The molecule has 0 aliphatic heterocycles. The third-order valence-electron chi connectivity index (χ3n) is 9.45. The topological polar surface area (TPSA) is 172 Å². The zero-order valence-electron chi connectivity index (χ0n) is 30.5. The van der Waals surface area contributed by atoms with Gasteiger partial charge in [-0.1, -0.05) is 79.7 Å². The van der Waals surface area contributed by atoms with Crippen LogP contribution in [0.5, 0.6) is 0 Å². The van der Waals surface area contributed by atoms with Gasteiger partial charge in [-0.05, 0) is 58.5 Å². The van der Waals surface area contributed by atoms with Crippen LogP contribution >= 0.6 is 34.0 Å². The summed E-state index contributed by atoms with van der Waals surface area (Å²) in [4.78, 5) is 25.7. The fourth-order valence-electron chi connectivity index (χ4n) is 6.56. The van der Waals surface area contributed by atoms with Crippen LogP contribution in [0.25, 0.3) is 65.2 Å². The zero-order chi connectivity index (χ0) is 38.2. The molecule has 1 aromatic carbocycles. The van der Waals surface area contributed by atoms with E-state index in [0.717, 1.165) is 68.7 Å². The van der Waals surface area contributed by atoms with E-state index < -0.39 is 22.4 Å². The minimum atomic E-state index is -1.23. The molecule has 0 aliphatic rings. The summed E-state index contributed by atoms with van der Waals surface area (Å²) in [5, 5.41) is 4.28. The average molecular weight is 826 g/mol. The minimum absolute atomic E-state index is 0.455. The van der Waals surface area contributed by atoms with Crippen LogP contribution in [0.3, 0.4) is 0 Å². The molecule has 8 aromatic rings. The Morgan fingerprint density at radius 3 is 2.04 bits per heavy atom. The van der Waals surface area contributed by atoms with E-state index >= 15 is 0 Å². The van der Waals surface area contributed by atoms with Crippen molar-refractivity contribution in [1.29, 1.82) is 0 Å². The molecule has 55 heavy (non-hydrogen) atoms. The minimum Gasteiger partial charge on any atom is -0.611 e. The van der Waals surface area contributed by atoms with Crippen molar-refractivity contribution in [3.8, 4) is 44.7 Å². The number of hydrogen-bond acceptors (Lipinski definition) is 12. The molecule has 0 aliphatic carbocycles. The summed E-state index contributed by atoms with van der Waals surface area (Å²) in [6.07, 6.45) is 10.9. The molecule has 7 aromatic heterocycles. The maximum Gasteiger partial charge on any atom is 0.232 e. The standard InChI is InChI=1S/C39H39N9O2S5/c1-4-6-17-54(49)38-31(40)29-25(23-11-9-8-10-12-23)19-27(45-36(29)52-38)34-42-13-15-48(34)22-24-21-44-33(47(24)3)26-20-28(35-43-14-16-51-35)46-37-30(26)32(41)39(53-37)55(50)18-7-5-2/h8-16,19-21H,4-7,17-18,22,40-41H2,1-3H3. The lowest BCUT2D eigenvalue weighted by atomic mass is 10.0. The van der Waals surface area contributed by atoms with E-state index in [9.17, 15) is 9.11 Å². The summed E-state index contributed by atoms with van der Waals surface area (Å²) in [5.74, 6) is 2.51. The fourth-order valence-corrected chi connectivity index (χ4v) is 12.7. The van der Waals surface area contributed by atoms with Gasteiger partial charge in [0.05, 0.1) is 23.8 Å². The number of thiophene rings is 2. The van der Waals surface area contributed by atoms with Gasteiger partial charge in [0.25, 0.3) is 0 Å². The molecule has 4 N–H and O–H groups in total. The molecule has 7 heterocycles. The molecule has 0 bridgehead atoms. The lowest BCUT2D eigenvalue weighted by Crippen LogP contribution is -2.08. The number of nitrogens with two attached hydrogens (primary N) is 2. The first-order valence-electron chi connectivity index (χ1n) is 18.0. The number of nitrogen functional groups attached to an aromatic ring is 2. The summed E-state index contributed by atoms with van der Waals surface area (Å²) in [5.41, 5.74) is 19.6. The van der Waals surface area contributed by atoms with Crippen LogP contribution in [0.15, 0.2) is 81.1 Å². The van der Waals surface area contributed by atoms with Gasteiger partial charge in [-0.15, -0.1) is 11.3 Å². The van der Waals surface area contributed by atoms with E-state index in [0.29, 0.717) is 65.7 Å². The van der Waals surface area contributed by atoms with Gasteiger partial charge in [0.1, 0.15) is 54.8 Å². The molecule has 0 amide bonds. The number of aromatic nitrogens is 7. The van der Waals surface area contributed by atoms with Crippen molar-refractivity contribution in [1.82, 2.24) is 34.1 Å². The van der Waals surface area contributed by atoms with Gasteiger partial charge in [-0.2, -0.15) is 0 Å². The van der Waals surface area contributed by atoms with Gasteiger partial charge in [-0.3, -0.25) is 0 Å². The molecule has 0 fully saturated rings. The molecule has 282 valence electrons. The van der Waals surface area contributed by atoms with E-state index in [4.69, 9.17) is 31.4 Å². The molecule has 0 radical (unpaired) electrons. The molecule has 0 spiro atoms. The van der Waals surface area contributed by atoms with Crippen LogP contribution in [0.1, 0.15) is 45.2 Å². The van der Waals surface area contributed by atoms with Crippen molar-refractivity contribution in [2.24, 2.45) is 7.05 Å². The number of unbranched alkanes of at least 4 members (excludes halogenated alkanes) is 2. The van der Waals surface area contributed by atoms with E-state index in [1.165, 1.54) is 34.0 Å². The smallest absolute Gasteiger partial charge is 0.232 e. The van der Waals surface area contributed by atoms with Crippen LogP contribution in [-0.2, 0) is 35.9 Å². The van der Waals surface area contributed by atoms with Crippen LogP contribution < -0.4 is 11.5 Å². The molecule has 11 nitrogen and oxygen atoms in total. The van der Waals surface area contributed by atoms with Crippen molar-refractivity contribution < 1.29 is 9.11 Å². The normalized spacial score (nSPS) is 13.0. The summed E-state index contributed by atoms with van der Waals surface area (Å²) >= 11 is 1.85. The number of benzene rings is 1. The Labute approximate surface area is 336 Å². The molecule has 2 unspecified atom stereocenters. The van der Waals surface area contributed by atoms with Gasteiger partial charge in [-0.25, -0.2) is 24.9 Å². The molecule has 0 saturated carbocycles. The maximum absolute atomic E-state index is 13.4. The van der Waals surface area contributed by atoms with Crippen LogP contribution in [0, 0.1) is 0 Å². The van der Waals surface area contributed by atoms with Crippen molar-refractivity contribution in [3.63, 3.8) is 0 Å². The van der Waals surface area contributed by atoms with Crippen molar-refractivity contribution in [3.05, 3.63) is 78.3 Å². The van der Waals surface area contributed by atoms with E-state index in [1.807, 2.05) is 55.2 Å². The highest BCUT2D eigenvalue weighted by Crippen LogP contribution is 2.45. The maximum atomic E-state index is 13.4. The second-order valence-electron chi connectivity index (χ2n) is 13.1. The molecule has 16 heteroatoms. The summed E-state index contributed by atoms with van der Waals surface area (Å²) < 4.78 is 32.1. The second-order valence-corrected chi connectivity index (χ2v) is 19.5. The highest BCUT2D eigenvalue weighted by Gasteiger charge is 2.28. The largest absolute Gasteiger partial charge is 0.611 e. The van der Waals surface area contributed by atoms with E-state index in [2.05, 4.69) is 40.1 Å². The van der Waals surface area contributed by atoms with E-state index in [1.54, 1.807) is 12.4 Å². The summed E-state index contributed by atoms with van der Waals surface area (Å²) in [6, 6.07) is 14.1. The van der Waals surface area contributed by atoms with Crippen molar-refractivity contribution in [2.45, 2.75) is 54.5 Å². The first kappa shape index (κ1) is 37.6. The quantitative estimate of drug-likeness (QED) is 0.102. The number of hydrogen-bond donors (Lipinski definition) is 2. The van der Waals surface area contributed by atoms with Crippen molar-refractivity contribution >= 4 is 88.2 Å². The number of rotatable bonds is 14. The molecule has 0 saturated heterocycles. The van der Waals surface area contributed by atoms with Gasteiger partial charge >= 0.3 is 0 Å².